The monoisotopic (exact) mass is 296 g/mol. The van der Waals surface area contributed by atoms with E-state index in [9.17, 15) is 0 Å². The van der Waals surface area contributed by atoms with Crippen LogP contribution in [0, 0.1) is 0 Å². The Morgan fingerprint density at radius 3 is 1.86 bits per heavy atom. The molecule has 0 saturated carbocycles. The number of aliphatic carboxylic acids is 1. The van der Waals surface area contributed by atoms with Crippen LogP contribution in [-0.2, 0) is 10.3 Å². The Balaban J connectivity index is -0.0000000800. The Morgan fingerprint density at radius 1 is 1.71 bits per heavy atom. The van der Waals surface area contributed by atoms with Crippen LogP contribution in [0.25, 0.3) is 0 Å². The summed E-state index contributed by atoms with van der Waals surface area (Å²) in [7, 11) is 0. The Kier molecular flexibility index (Phi) is 21.1. The van der Waals surface area contributed by atoms with Crippen molar-refractivity contribution in [2.45, 2.75) is 0 Å². The molecule has 0 atom stereocenters. The summed E-state index contributed by atoms with van der Waals surface area (Å²) < 4.78 is 0. The smallest absolute Gasteiger partial charge is 2.00 e. The number of carboxylic acids is 1. The minimum atomic E-state index is -1.23. The first-order valence-corrected chi connectivity index (χ1v) is 1.11. The van der Waals surface area contributed by atoms with E-state index in [1.807, 2.05) is 0 Å². The summed E-state index contributed by atoms with van der Waals surface area (Å²) in [5.74, 6) is -1.23. The van der Waals surface area contributed by atoms with Gasteiger partial charge in [0.15, 0.2) is 0 Å². The molecule has 0 unspecified atom stereocenters. The minimum Gasteiger partial charge on any atom is -2.00 e. The molecule has 0 heterocycles. The SMILES string of the molecule is C=CC(=O)[O-].[Bi+3].[O-2]. The van der Waals surface area contributed by atoms with E-state index in [4.69, 9.17) is 9.90 Å². The van der Waals surface area contributed by atoms with Crippen molar-refractivity contribution < 1.29 is 15.4 Å². The molecule has 0 aromatic rings. The summed E-state index contributed by atoms with van der Waals surface area (Å²) in [6.07, 6.45) is 0.722. The molecule has 0 aliphatic carbocycles. The Labute approximate surface area is 60.5 Å². The first-order valence-electron chi connectivity index (χ1n) is 1.11. The molecule has 7 heavy (non-hydrogen) atoms. The number of carbonyl (C=O) groups is 1. The molecule has 4 heteroatoms. The quantitative estimate of drug-likeness (QED) is 0.433. The maximum atomic E-state index is 9.14. The molecule has 0 aromatic heterocycles. The second kappa shape index (κ2) is 9.41. The molecule has 0 amide bonds. The third kappa shape index (κ3) is 23.6. The summed E-state index contributed by atoms with van der Waals surface area (Å²) in [6, 6.07) is 0. The topological polar surface area (TPSA) is 68.6 Å². The van der Waals surface area contributed by atoms with E-state index in [-0.39, 0.29) is 31.7 Å². The predicted octanol–water partition coefficient (Wildman–Crippen LogP) is -1.58. The van der Waals surface area contributed by atoms with Gasteiger partial charge in [-0.05, 0) is 6.08 Å². The van der Waals surface area contributed by atoms with E-state index in [1.165, 1.54) is 0 Å². The maximum Gasteiger partial charge on any atom is 3.00 e. The fraction of sp³-hybridized carbons (Fsp3) is 0. The van der Waals surface area contributed by atoms with E-state index in [0.717, 1.165) is 6.08 Å². The van der Waals surface area contributed by atoms with Crippen LogP contribution in [0.15, 0.2) is 12.7 Å². The normalized spacial score (nSPS) is 4.57. The summed E-state index contributed by atoms with van der Waals surface area (Å²) in [6.45, 7) is 2.90. The second-order valence-electron chi connectivity index (χ2n) is 0.523. The minimum absolute atomic E-state index is 0. The standard InChI is InChI=1S/C3H4O2.Bi.O/c1-2-3(4)5;;/h2H,1H2,(H,4,5);;/q;+3;-2/p-1. The predicted molar refractivity (Wildman–Crippen MR) is 21.6 cm³/mol. The zero-order valence-electron chi connectivity index (χ0n) is 3.46. The van der Waals surface area contributed by atoms with Crippen LogP contribution in [0.4, 0.5) is 0 Å². The third-order valence-electron chi connectivity index (χ3n) is 0.167. The van der Waals surface area contributed by atoms with Gasteiger partial charge in [-0.3, -0.25) is 0 Å². The fourth-order valence-electron chi connectivity index (χ4n) is 0. The van der Waals surface area contributed by atoms with Crippen LogP contribution in [0.3, 0.4) is 0 Å². The van der Waals surface area contributed by atoms with Gasteiger partial charge in [0, 0.05) is 0 Å². The molecular weight excluding hydrogens is 293 g/mol. The van der Waals surface area contributed by atoms with Gasteiger partial charge in [0.05, 0.1) is 5.97 Å². The number of carbonyl (C=O) groups excluding carboxylic acids is 1. The summed E-state index contributed by atoms with van der Waals surface area (Å²) in [5, 5.41) is 9.14. The molecule has 2 radical (unpaired) electrons. The van der Waals surface area contributed by atoms with Crippen LogP contribution in [0.5, 0.6) is 0 Å². The van der Waals surface area contributed by atoms with E-state index in [0.29, 0.717) is 0 Å². The summed E-state index contributed by atoms with van der Waals surface area (Å²) in [5.41, 5.74) is 0. The third-order valence-corrected chi connectivity index (χ3v) is 0.167. The van der Waals surface area contributed by atoms with Crippen LogP contribution in [-0.4, -0.2) is 32.2 Å². The van der Waals surface area contributed by atoms with Crippen LogP contribution in [0.1, 0.15) is 0 Å². The maximum absolute atomic E-state index is 9.14. The Bertz CT molecular complexity index is 61.2. The molecule has 0 aliphatic rings. The first-order chi connectivity index (χ1) is 2.27. The van der Waals surface area contributed by atoms with Gasteiger partial charge in [0.1, 0.15) is 0 Å². The Morgan fingerprint density at radius 2 is 1.86 bits per heavy atom. The number of hydrogen-bond donors (Lipinski definition) is 0. The van der Waals surface area contributed by atoms with Gasteiger partial charge in [-0.15, -0.1) is 0 Å². The van der Waals surface area contributed by atoms with Gasteiger partial charge < -0.3 is 15.4 Å². The average molecular weight is 296 g/mol. The number of carboxylic acid groups (broad SMARTS) is 1. The van der Waals surface area contributed by atoms with Crippen molar-refractivity contribution in [1.82, 2.24) is 0 Å². The molecule has 0 aliphatic heterocycles. The van der Waals surface area contributed by atoms with Crippen molar-refractivity contribution >= 4 is 32.2 Å². The molecule has 0 N–H and O–H groups in total. The van der Waals surface area contributed by atoms with E-state index >= 15 is 0 Å². The second-order valence-corrected chi connectivity index (χ2v) is 0.523. The zero-order valence-corrected chi connectivity index (χ0v) is 6.93. The molecule has 0 saturated heterocycles. The summed E-state index contributed by atoms with van der Waals surface area (Å²) in [4.78, 5) is 9.14. The van der Waals surface area contributed by atoms with Crippen molar-refractivity contribution in [2.24, 2.45) is 0 Å². The molecule has 0 aromatic carbocycles. The molecule has 3 nitrogen and oxygen atoms in total. The van der Waals surface area contributed by atoms with Crippen molar-refractivity contribution in [1.29, 1.82) is 0 Å². The number of hydrogen-bond acceptors (Lipinski definition) is 2. The van der Waals surface area contributed by atoms with Crippen LogP contribution >= 0.6 is 0 Å². The largest absolute Gasteiger partial charge is 3.00 e. The van der Waals surface area contributed by atoms with Crippen molar-refractivity contribution in [3.63, 3.8) is 0 Å². The van der Waals surface area contributed by atoms with E-state index in [2.05, 4.69) is 6.58 Å². The molecular formula is C3H3BiO3. The summed E-state index contributed by atoms with van der Waals surface area (Å²) >= 11 is 0. The molecule has 38 valence electrons. The Hall–Kier alpha value is 0.0531. The van der Waals surface area contributed by atoms with Gasteiger partial charge in [-0.2, -0.15) is 0 Å². The van der Waals surface area contributed by atoms with Gasteiger partial charge >= 0.3 is 26.2 Å². The number of rotatable bonds is 1. The van der Waals surface area contributed by atoms with Gasteiger partial charge in [0.2, 0.25) is 0 Å². The van der Waals surface area contributed by atoms with E-state index in [1.54, 1.807) is 0 Å². The molecule has 0 rings (SSSR count). The fourth-order valence-corrected chi connectivity index (χ4v) is 0. The molecule has 0 spiro atoms. The van der Waals surface area contributed by atoms with Gasteiger partial charge in [0.25, 0.3) is 0 Å². The van der Waals surface area contributed by atoms with Crippen LogP contribution < -0.4 is 5.11 Å². The van der Waals surface area contributed by atoms with Crippen molar-refractivity contribution in [3.8, 4) is 0 Å². The first kappa shape index (κ1) is 15.7. The van der Waals surface area contributed by atoms with Crippen LogP contribution in [0.2, 0.25) is 0 Å². The van der Waals surface area contributed by atoms with Gasteiger partial charge in [-0.1, -0.05) is 6.58 Å². The van der Waals surface area contributed by atoms with E-state index < -0.39 is 5.97 Å². The zero-order chi connectivity index (χ0) is 4.28. The van der Waals surface area contributed by atoms with Crippen molar-refractivity contribution in [3.05, 3.63) is 12.7 Å². The molecule has 0 bridgehead atoms. The van der Waals surface area contributed by atoms with Crippen molar-refractivity contribution in [2.75, 3.05) is 0 Å². The van der Waals surface area contributed by atoms with Gasteiger partial charge in [-0.25, -0.2) is 0 Å². The average Bonchev–Trinajstić information content (AvgIpc) is 1.38. The molecule has 0 fully saturated rings.